The zero-order valence-electron chi connectivity index (χ0n) is 22.9. The fourth-order valence-corrected chi connectivity index (χ4v) is 5.94. The number of carboxylic acid groups (broad SMARTS) is 1. The molecule has 0 aliphatic carbocycles. The first-order valence-electron chi connectivity index (χ1n) is 12.8. The average molecular weight is 573 g/mol. The van der Waals surface area contributed by atoms with E-state index in [1.165, 1.54) is 11.3 Å². The number of ether oxygens (including phenoxy) is 2. The maximum atomic E-state index is 12.6. The van der Waals surface area contributed by atoms with Gasteiger partial charge >= 0.3 is 5.97 Å². The number of fused-ring (bicyclic) bond motifs is 1. The molecule has 2 heterocycles. The van der Waals surface area contributed by atoms with Crippen LogP contribution in [-0.2, 0) is 9.53 Å². The van der Waals surface area contributed by atoms with Crippen LogP contribution in [0.5, 0.6) is 5.88 Å². The van der Waals surface area contributed by atoms with Crippen molar-refractivity contribution in [3.8, 4) is 38.7 Å². The fraction of sp³-hybridized carbons (Fsp3) is 0.219. The van der Waals surface area contributed by atoms with Crippen molar-refractivity contribution >= 4 is 39.1 Å². The number of carbonyl (C=O) groups is 1. The number of methoxy groups -OCH3 is 1. The van der Waals surface area contributed by atoms with Gasteiger partial charge in [-0.3, -0.25) is 0 Å². The summed E-state index contributed by atoms with van der Waals surface area (Å²) in [6.45, 7) is 7.48. The molecule has 0 unspecified atom stereocenters. The normalized spacial score (nSPS) is 12.4. The zero-order chi connectivity index (χ0) is 28.6. The molecule has 8 heteroatoms. The van der Waals surface area contributed by atoms with Crippen molar-refractivity contribution in [2.45, 2.75) is 39.4 Å². The molecule has 0 spiro atoms. The summed E-state index contributed by atoms with van der Waals surface area (Å²) in [5, 5.41) is 11.7. The number of halogens is 1. The van der Waals surface area contributed by atoms with Crippen LogP contribution in [-0.4, -0.2) is 33.8 Å². The molecule has 0 saturated heterocycles. The molecule has 204 valence electrons. The largest absolute Gasteiger partial charge is 0.481 e. The third kappa shape index (κ3) is 5.72. The van der Waals surface area contributed by atoms with Gasteiger partial charge < -0.3 is 14.6 Å². The molecule has 3 aromatic carbocycles. The van der Waals surface area contributed by atoms with E-state index in [0.29, 0.717) is 16.5 Å². The number of hydrogen-bond acceptors (Lipinski definition) is 6. The Morgan fingerprint density at radius 3 is 2.35 bits per heavy atom. The Bertz CT molecular complexity index is 1710. The van der Waals surface area contributed by atoms with Crippen molar-refractivity contribution in [1.82, 2.24) is 9.97 Å². The second kappa shape index (κ2) is 11.0. The molecule has 0 saturated carbocycles. The quantitative estimate of drug-likeness (QED) is 0.210. The highest BCUT2D eigenvalue weighted by Gasteiger charge is 2.32. The molecular weight excluding hydrogens is 544 g/mol. The van der Waals surface area contributed by atoms with Crippen molar-refractivity contribution in [1.29, 1.82) is 0 Å². The van der Waals surface area contributed by atoms with Crippen molar-refractivity contribution in [3.63, 3.8) is 0 Å². The number of pyridine rings is 1. The van der Waals surface area contributed by atoms with Gasteiger partial charge in [-0.15, -0.1) is 11.3 Å². The third-order valence-corrected chi connectivity index (χ3v) is 7.80. The van der Waals surface area contributed by atoms with Gasteiger partial charge in [0, 0.05) is 34.0 Å². The van der Waals surface area contributed by atoms with E-state index in [9.17, 15) is 9.90 Å². The van der Waals surface area contributed by atoms with E-state index in [0.717, 1.165) is 48.6 Å². The maximum absolute atomic E-state index is 12.6. The van der Waals surface area contributed by atoms with Crippen molar-refractivity contribution in [3.05, 3.63) is 89.1 Å². The molecule has 0 aliphatic rings. The Morgan fingerprint density at radius 2 is 1.68 bits per heavy atom. The molecule has 5 rings (SSSR count). The minimum Gasteiger partial charge on any atom is -0.481 e. The molecule has 0 bridgehead atoms. The Morgan fingerprint density at radius 1 is 0.975 bits per heavy atom. The van der Waals surface area contributed by atoms with Gasteiger partial charge in [0.1, 0.15) is 5.01 Å². The molecule has 0 radical (unpaired) electrons. The Balaban J connectivity index is 1.72. The van der Waals surface area contributed by atoms with Crippen LogP contribution in [0, 0.1) is 6.92 Å². The SMILES string of the molecule is COc1cc(-c2cccc(-c3nc4cc(C)c([C@H](OC(C)(C)C)C(=O)O)c(-c5ccc(Cl)cc5)c4s3)c2)ccn1. The summed E-state index contributed by atoms with van der Waals surface area (Å²) in [7, 11) is 1.60. The predicted octanol–water partition coefficient (Wildman–Crippen LogP) is 8.60. The van der Waals surface area contributed by atoms with Crippen molar-refractivity contribution in [2.75, 3.05) is 7.11 Å². The molecular formula is C32H29ClN2O4S. The van der Waals surface area contributed by atoms with Crippen LogP contribution in [0.1, 0.15) is 38.0 Å². The summed E-state index contributed by atoms with van der Waals surface area (Å²) in [6.07, 6.45) is 0.561. The summed E-state index contributed by atoms with van der Waals surface area (Å²) in [5.41, 5.74) is 6.13. The standard InChI is InChI=1S/C32H29ClN2O4S/c1-18-15-24-29(27(19-9-11-23(33)12-10-19)26(18)28(31(36)37)39-32(2,3)4)40-30(35-24)22-8-6-7-20(16-22)21-13-14-34-25(17-21)38-5/h6-17,28H,1-5H3,(H,36,37)/t28-/m0/s1. The number of thiazole rings is 1. The van der Waals surface area contributed by atoms with E-state index in [-0.39, 0.29) is 0 Å². The van der Waals surface area contributed by atoms with Crippen LogP contribution in [0.2, 0.25) is 5.02 Å². The first-order valence-corrected chi connectivity index (χ1v) is 13.9. The Hall–Kier alpha value is -3.78. The van der Waals surface area contributed by atoms with Gasteiger partial charge in [0.25, 0.3) is 0 Å². The van der Waals surface area contributed by atoms with Crippen LogP contribution in [0.4, 0.5) is 0 Å². The number of benzene rings is 3. The maximum Gasteiger partial charge on any atom is 0.337 e. The fourth-order valence-electron chi connectivity index (χ4n) is 4.69. The lowest BCUT2D eigenvalue weighted by Crippen LogP contribution is -2.28. The summed E-state index contributed by atoms with van der Waals surface area (Å²) < 4.78 is 12.3. The smallest absolute Gasteiger partial charge is 0.337 e. The number of aryl methyl sites for hydroxylation is 1. The highest BCUT2D eigenvalue weighted by Crippen LogP contribution is 2.44. The van der Waals surface area contributed by atoms with Crippen LogP contribution < -0.4 is 4.74 Å². The van der Waals surface area contributed by atoms with Crippen LogP contribution in [0.3, 0.4) is 0 Å². The van der Waals surface area contributed by atoms with Crippen molar-refractivity contribution in [2.24, 2.45) is 0 Å². The zero-order valence-corrected chi connectivity index (χ0v) is 24.4. The minimum atomic E-state index is -1.16. The topological polar surface area (TPSA) is 81.5 Å². The van der Waals surface area contributed by atoms with Gasteiger partial charge in [0.2, 0.25) is 5.88 Å². The van der Waals surface area contributed by atoms with Gasteiger partial charge in [-0.2, -0.15) is 0 Å². The highest BCUT2D eigenvalue weighted by molar-refractivity contribution is 7.22. The van der Waals surface area contributed by atoms with Gasteiger partial charge in [-0.1, -0.05) is 41.9 Å². The van der Waals surface area contributed by atoms with E-state index in [4.69, 9.17) is 26.1 Å². The minimum absolute atomic E-state index is 0.545. The Labute approximate surface area is 242 Å². The van der Waals surface area contributed by atoms with E-state index in [1.54, 1.807) is 13.3 Å². The predicted molar refractivity (Wildman–Crippen MR) is 161 cm³/mol. The summed E-state index contributed by atoms with van der Waals surface area (Å²) in [5.74, 6) is -0.498. The third-order valence-electron chi connectivity index (χ3n) is 6.41. The van der Waals surface area contributed by atoms with Crippen LogP contribution in [0.15, 0.2) is 72.9 Å². The molecule has 6 nitrogen and oxygen atoms in total. The molecule has 0 aliphatic heterocycles. The number of rotatable bonds is 7. The number of carboxylic acids is 1. The number of aliphatic carboxylic acids is 1. The molecule has 1 atom stereocenters. The molecule has 2 aromatic heterocycles. The number of nitrogens with zero attached hydrogens (tertiary/aromatic N) is 2. The molecule has 1 N–H and O–H groups in total. The lowest BCUT2D eigenvalue weighted by Gasteiger charge is -2.28. The van der Waals surface area contributed by atoms with E-state index in [1.807, 2.05) is 88.4 Å². The second-order valence-corrected chi connectivity index (χ2v) is 11.9. The summed E-state index contributed by atoms with van der Waals surface area (Å²) in [4.78, 5) is 21.8. The lowest BCUT2D eigenvalue weighted by atomic mass is 9.91. The highest BCUT2D eigenvalue weighted by atomic mass is 35.5. The van der Waals surface area contributed by atoms with Gasteiger partial charge in [0.15, 0.2) is 6.10 Å². The van der Waals surface area contributed by atoms with E-state index >= 15 is 0 Å². The number of hydrogen-bond donors (Lipinski definition) is 1. The number of aromatic nitrogens is 2. The molecule has 0 amide bonds. The first kappa shape index (κ1) is 27.8. The average Bonchev–Trinajstić information content (AvgIpc) is 3.35. The van der Waals surface area contributed by atoms with Gasteiger partial charge in [0.05, 0.1) is 22.9 Å². The monoisotopic (exact) mass is 572 g/mol. The summed E-state index contributed by atoms with van der Waals surface area (Å²) >= 11 is 7.74. The van der Waals surface area contributed by atoms with Gasteiger partial charge in [-0.05, 0) is 80.3 Å². The second-order valence-electron chi connectivity index (χ2n) is 10.5. The lowest BCUT2D eigenvalue weighted by molar-refractivity contribution is -0.160. The Kier molecular flexibility index (Phi) is 7.64. The molecule has 40 heavy (non-hydrogen) atoms. The van der Waals surface area contributed by atoms with Crippen LogP contribution >= 0.6 is 22.9 Å². The van der Waals surface area contributed by atoms with E-state index < -0.39 is 17.7 Å². The first-order chi connectivity index (χ1) is 19.0. The van der Waals surface area contributed by atoms with Crippen molar-refractivity contribution < 1.29 is 19.4 Å². The molecule has 0 fully saturated rings. The van der Waals surface area contributed by atoms with Gasteiger partial charge in [-0.25, -0.2) is 14.8 Å². The van der Waals surface area contributed by atoms with Crippen LogP contribution in [0.25, 0.3) is 43.0 Å². The molecule has 5 aromatic rings. The summed E-state index contributed by atoms with van der Waals surface area (Å²) in [6, 6.07) is 21.4. The van der Waals surface area contributed by atoms with E-state index in [2.05, 4.69) is 11.1 Å².